The van der Waals surface area contributed by atoms with Gasteiger partial charge in [0.2, 0.25) is 0 Å². The van der Waals surface area contributed by atoms with Gasteiger partial charge in [0, 0.05) is 16.2 Å². The van der Waals surface area contributed by atoms with Crippen molar-refractivity contribution >= 4 is 17.3 Å². The highest BCUT2D eigenvalue weighted by atomic mass is 32.1. The average molecular weight is 239 g/mol. The van der Waals surface area contributed by atoms with Gasteiger partial charge in [0.15, 0.2) is 0 Å². The summed E-state index contributed by atoms with van der Waals surface area (Å²) >= 11 is 1.73. The van der Waals surface area contributed by atoms with Gasteiger partial charge in [0.1, 0.15) is 5.54 Å². The first kappa shape index (κ1) is 11.6. The van der Waals surface area contributed by atoms with E-state index in [1.54, 1.807) is 11.3 Å². The molecule has 0 aromatic carbocycles. The Labute approximate surface area is 99.5 Å². The van der Waals surface area contributed by atoms with Crippen LogP contribution in [-0.2, 0) is 17.6 Å². The molecule has 16 heavy (non-hydrogen) atoms. The Kier molecular flexibility index (Phi) is 3.30. The number of aryl methyl sites for hydroxylation is 1. The van der Waals surface area contributed by atoms with Crippen LogP contribution >= 0.6 is 11.3 Å². The van der Waals surface area contributed by atoms with Gasteiger partial charge in [-0.1, -0.05) is 6.92 Å². The van der Waals surface area contributed by atoms with Crippen molar-refractivity contribution in [2.75, 3.05) is 6.54 Å². The number of rotatable bonds is 4. The first-order valence-electron chi connectivity index (χ1n) is 5.72. The van der Waals surface area contributed by atoms with E-state index in [2.05, 4.69) is 24.4 Å². The fraction of sp³-hybridized carbons (Fsp3) is 0.583. The molecule has 1 fully saturated rings. The number of hydrogen-bond acceptors (Lipinski definition) is 3. The van der Waals surface area contributed by atoms with Gasteiger partial charge in [0.05, 0.1) is 0 Å². The molecule has 1 aliphatic heterocycles. The minimum atomic E-state index is -0.712. The number of carboxylic acid groups (broad SMARTS) is 1. The highest BCUT2D eigenvalue weighted by Gasteiger charge is 2.41. The number of carbonyl (C=O) groups is 1. The predicted octanol–water partition coefficient (Wildman–Crippen LogP) is 2.06. The Morgan fingerprint density at radius 3 is 2.81 bits per heavy atom. The van der Waals surface area contributed by atoms with E-state index in [4.69, 9.17) is 0 Å². The molecule has 0 bridgehead atoms. The van der Waals surface area contributed by atoms with Gasteiger partial charge < -0.3 is 10.4 Å². The van der Waals surface area contributed by atoms with Crippen LogP contribution in [-0.4, -0.2) is 23.2 Å². The number of aliphatic carboxylic acids is 1. The van der Waals surface area contributed by atoms with Gasteiger partial charge in [-0.25, -0.2) is 0 Å². The summed E-state index contributed by atoms with van der Waals surface area (Å²) in [5.41, 5.74) is -0.712. The van der Waals surface area contributed by atoms with E-state index in [9.17, 15) is 9.90 Å². The lowest BCUT2D eigenvalue weighted by Crippen LogP contribution is -2.49. The fourth-order valence-electron chi connectivity index (χ4n) is 2.22. The quantitative estimate of drug-likeness (QED) is 0.845. The molecule has 1 aliphatic rings. The van der Waals surface area contributed by atoms with Crippen LogP contribution in [0.4, 0.5) is 0 Å². The van der Waals surface area contributed by atoms with Gasteiger partial charge in [-0.3, -0.25) is 4.79 Å². The van der Waals surface area contributed by atoms with E-state index >= 15 is 0 Å². The average Bonchev–Trinajstić information content (AvgIpc) is 2.88. The molecule has 4 heteroatoms. The summed E-state index contributed by atoms with van der Waals surface area (Å²) in [6.45, 7) is 2.94. The maximum atomic E-state index is 11.3. The standard InChI is InChI=1S/C12H17NO2S/c1-2-9-4-5-10(16-9)8-12(11(14)15)6-3-7-13-12/h4-5,13H,2-3,6-8H2,1H3,(H,14,15). The van der Waals surface area contributed by atoms with Crippen LogP contribution in [0.1, 0.15) is 29.5 Å². The van der Waals surface area contributed by atoms with Crippen molar-refractivity contribution in [3.63, 3.8) is 0 Å². The molecule has 1 atom stereocenters. The molecule has 2 N–H and O–H groups in total. The largest absolute Gasteiger partial charge is 0.480 e. The molecule has 1 aromatic rings. The third-order valence-corrected chi connectivity index (χ3v) is 4.42. The second kappa shape index (κ2) is 4.55. The lowest BCUT2D eigenvalue weighted by Gasteiger charge is -2.23. The zero-order chi connectivity index (χ0) is 11.6. The normalized spacial score (nSPS) is 24.8. The topological polar surface area (TPSA) is 49.3 Å². The third-order valence-electron chi connectivity index (χ3n) is 3.19. The second-order valence-corrected chi connectivity index (χ2v) is 5.57. The molecule has 1 unspecified atom stereocenters. The Hall–Kier alpha value is -0.870. The minimum Gasteiger partial charge on any atom is -0.480 e. The van der Waals surface area contributed by atoms with E-state index in [-0.39, 0.29) is 0 Å². The molecule has 3 nitrogen and oxygen atoms in total. The van der Waals surface area contributed by atoms with Crippen molar-refractivity contribution in [1.82, 2.24) is 5.32 Å². The molecule has 88 valence electrons. The van der Waals surface area contributed by atoms with Crippen molar-refractivity contribution in [3.8, 4) is 0 Å². The van der Waals surface area contributed by atoms with Crippen LogP contribution in [0.15, 0.2) is 12.1 Å². The summed E-state index contributed by atoms with van der Waals surface area (Å²) in [7, 11) is 0. The first-order valence-corrected chi connectivity index (χ1v) is 6.54. The van der Waals surface area contributed by atoms with Crippen LogP contribution in [0.25, 0.3) is 0 Å². The maximum Gasteiger partial charge on any atom is 0.324 e. The number of carboxylic acids is 1. The summed E-state index contributed by atoms with van der Waals surface area (Å²) in [5, 5.41) is 12.5. The van der Waals surface area contributed by atoms with E-state index in [1.165, 1.54) is 9.75 Å². The number of hydrogen-bond donors (Lipinski definition) is 2. The molecule has 2 rings (SSSR count). The zero-order valence-corrected chi connectivity index (χ0v) is 10.3. The zero-order valence-electron chi connectivity index (χ0n) is 9.45. The smallest absolute Gasteiger partial charge is 0.324 e. The second-order valence-electron chi connectivity index (χ2n) is 4.32. The van der Waals surface area contributed by atoms with Crippen molar-refractivity contribution in [2.24, 2.45) is 0 Å². The van der Waals surface area contributed by atoms with E-state index in [0.717, 1.165) is 25.8 Å². The number of nitrogens with one attached hydrogen (secondary N) is 1. The van der Waals surface area contributed by atoms with Gasteiger partial charge in [0.25, 0.3) is 0 Å². The van der Waals surface area contributed by atoms with Crippen LogP contribution in [0, 0.1) is 0 Å². The molecule has 0 radical (unpaired) electrons. The van der Waals surface area contributed by atoms with Crippen molar-refractivity contribution in [1.29, 1.82) is 0 Å². The van der Waals surface area contributed by atoms with Crippen LogP contribution in [0.3, 0.4) is 0 Å². The molecule has 2 heterocycles. The van der Waals surface area contributed by atoms with Gasteiger partial charge >= 0.3 is 5.97 Å². The first-order chi connectivity index (χ1) is 7.66. The molecular weight excluding hydrogens is 222 g/mol. The molecule has 0 aliphatic carbocycles. The summed E-state index contributed by atoms with van der Waals surface area (Å²) in [5.74, 6) is -0.712. The maximum absolute atomic E-state index is 11.3. The van der Waals surface area contributed by atoms with Gasteiger partial charge in [-0.15, -0.1) is 11.3 Å². The van der Waals surface area contributed by atoms with Gasteiger partial charge in [-0.2, -0.15) is 0 Å². The SMILES string of the molecule is CCc1ccc(CC2(C(=O)O)CCCN2)s1. The molecule has 0 saturated carbocycles. The molecule has 0 spiro atoms. The summed E-state index contributed by atoms with van der Waals surface area (Å²) in [6, 6.07) is 4.17. The fourth-order valence-corrected chi connectivity index (χ4v) is 3.29. The summed E-state index contributed by atoms with van der Waals surface area (Å²) in [4.78, 5) is 13.8. The summed E-state index contributed by atoms with van der Waals surface area (Å²) < 4.78 is 0. The number of thiophene rings is 1. The van der Waals surface area contributed by atoms with Crippen molar-refractivity contribution in [2.45, 2.75) is 38.1 Å². The Balaban J connectivity index is 2.14. The Bertz CT molecular complexity index is 380. The lowest BCUT2D eigenvalue weighted by atomic mass is 9.93. The Morgan fingerprint density at radius 1 is 1.56 bits per heavy atom. The van der Waals surface area contributed by atoms with Crippen molar-refractivity contribution in [3.05, 3.63) is 21.9 Å². The molecule has 0 amide bonds. The highest BCUT2D eigenvalue weighted by Crippen LogP contribution is 2.28. The summed E-state index contributed by atoms with van der Waals surface area (Å²) in [6.07, 6.45) is 3.34. The predicted molar refractivity (Wildman–Crippen MR) is 65.0 cm³/mol. The Morgan fingerprint density at radius 2 is 2.31 bits per heavy atom. The highest BCUT2D eigenvalue weighted by molar-refractivity contribution is 7.12. The van der Waals surface area contributed by atoms with Gasteiger partial charge in [-0.05, 0) is 37.9 Å². The van der Waals surface area contributed by atoms with Crippen LogP contribution < -0.4 is 5.32 Å². The minimum absolute atomic E-state index is 0.618. The lowest BCUT2D eigenvalue weighted by molar-refractivity contribution is -0.144. The molecular formula is C12H17NO2S. The molecule has 1 aromatic heterocycles. The van der Waals surface area contributed by atoms with Crippen molar-refractivity contribution < 1.29 is 9.90 Å². The monoisotopic (exact) mass is 239 g/mol. The van der Waals surface area contributed by atoms with Crippen LogP contribution in [0.5, 0.6) is 0 Å². The van der Waals surface area contributed by atoms with E-state index < -0.39 is 11.5 Å². The molecule has 1 saturated heterocycles. The van der Waals surface area contributed by atoms with Crippen LogP contribution in [0.2, 0.25) is 0 Å². The third kappa shape index (κ3) is 2.13. The van der Waals surface area contributed by atoms with E-state index in [1.807, 2.05) is 0 Å². The van der Waals surface area contributed by atoms with E-state index in [0.29, 0.717) is 6.42 Å².